The number of aliphatic hydroxyl groups excluding tert-OH is 2. The Morgan fingerprint density at radius 2 is 1.94 bits per heavy atom. The first-order valence-corrected chi connectivity index (χ1v) is 7.11. The Bertz CT molecular complexity index is 499. The zero-order valence-electron chi connectivity index (χ0n) is 10.7. The third-order valence-corrected chi connectivity index (χ3v) is 4.87. The largest absolute Gasteiger partial charge is 0.395 e. The molecular weight excluding hydrogens is 254 g/mol. The van der Waals surface area contributed by atoms with E-state index in [4.69, 9.17) is 5.11 Å². The number of likely N-dealkylation sites (N-methyl/N-ethyl adjacent to an activating group) is 1. The molecule has 6 heteroatoms. The van der Waals surface area contributed by atoms with Crippen molar-refractivity contribution in [3.63, 3.8) is 0 Å². The van der Waals surface area contributed by atoms with E-state index >= 15 is 0 Å². The average Bonchev–Trinajstić information content (AvgIpc) is 2.36. The lowest BCUT2D eigenvalue weighted by Gasteiger charge is -2.23. The maximum absolute atomic E-state index is 12.2. The summed E-state index contributed by atoms with van der Waals surface area (Å²) in [5, 5.41) is 18.5. The molecule has 0 aromatic heterocycles. The first-order valence-electron chi connectivity index (χ1n) is 5.67. The van der Waals surface area contributed by atoms with Gasteiger partial charge < -0.3 is 10.2 Å². The van der Waals surface area contributed by atoms with Crippen LogP contribution >= 0.6 is 0 Å². The fourth-order valence-electron chi connectivity index (χ4n) is 1.45. The predicted octanol–water partition coefficient (Wildman–Crippen LogP) is 0.741. The molecule has 1 rings (SSSR count). The van der Waals surface area contributed by atoms with E-state index in [0.29, 0.717) is 5.56 Å². The van der Waals surface area contributed by atoms with Gasteiger partial charge in [0.15, 0.2) is 0 Å². The van der Waals surface area contributed by atoms with E-state index < -0.39 is 22.2 Å². The summed E-state index contributed by atoms with van der Waals surface area (Å²) in [6.07, 6.45) is -0.722. The Hall–Kier alpha value is -0.950. The number of rotatable bonds is 5. The van der Waals surface area contributed by atoms with Crippen molar-refractivity contribution in [1.29, 1.82) is 0 Å². The van der Waals surface area contributed by atoms with Gasteiger partial charge in [-0.15, -0.1) is 0 Å². The average molecular weight is 273 g/mol. The standard InChI is InChI=1S/C12H19NO4S/c1-9(8-14)13(3)18(16,17)12-6-4-5-11(7-12)10(2)15/h4-7,9-10,14-15H,8H2,1-3H3. The van der Waals surface area contributed by atoms with Crippen molar-refractivity contribution in [1.82, 2.24) is 4.31 Å². The molecule has 2 atom stereocenters. The van der Waals surface area contributed by atoms with Crippen molar-refractivity contribution in [2.24, 2.45) is 0 Å². The van der Waals surface area contributed by atoms with Crippen molar-refractivity contribution in [3.05, 3.63) is 29.8 Å². The summed E-state index contributed by atoms with van der Waals surface area (Å²) < 4.78 is 25.6. The van der Waals surface area contributed by atoms with Gasteiger partial charge in [0.1, 0.15) is 0 Å². The summed E-state index contributed by atoms with van der Waals surface area (Å²) in [4.78, 5) is 0.115. The highest BCUT2D eigenvalue weighted by Gasteiger charge is 2.25. The summed E-state index contributed by atoms with van der Waals surface area (Å²) >= 11 is 0. The monoisotopic (exact) mass is 273 g/mol. The van der Waals surface area contributed by atoms with Gasteiger partial charge in [-0.1, -0.05) is 12.1 Å². The molecule has 1 aromatic rings. The van der Waals surface area contributed by atoms with Gasteiger partial charge in [0.2, 0.25) is 10.0 Å². The van der Waals surface area contributed by atoms with E-state index in [-0.39, 0.29) is 11.5 Å². The fourth-order valence-corrected chi connectivity index (χ4v) is 2.86. The van der Waals surface area contributed by atoms with E-state index in [1.165, 1.54) is 19.2 Å². The Morgan fingerprint density at radius 3 is 2.44 bits per heavy atom. The summed E-state index contributed by atoms with van der Waals surface area (Å²) in [6.45, 7) is 2.95. The quantitative estimate of drug-likeness (QED) is 0.829. The second-order valence-corrected chi connectivity index (χ2v) is 6.30. The first kappa shape index (κ1) is 15.1. The summed E-state index contributed by atoms with van der Waals surface area (Å²) in [5.74, 6) is 0. The van der Waals surface area contributed by atoms with Crippen LogP contribution in [0.5, 0.6) is 0 Å². The van der Waals surface area contributed by atoms with E-state index in [2.05, 4.69) is 0 Å². The molecule has 0 spiro atoms. The van der Waals surface area contributed by atoms with Gasteiger partial charge in [0.25, 0.3) is 0 Å². The molecule has 2 N–H and O–H groups in total. The van der Waals surface area contributed by atoms with Gasteiger partial charge >= 0.3 is 0 Å². The Labute approximate surface area is 108 Å². The van der Waals surface area contributed by atoms with Crippen LogP contribution in [-0.4, -0.2) is 42.6 Å². The molecule has 0 saturated heterocycles. The zero-order valence-corrected chi connectivity index (χ0v) is 11.6. The molecular formula is C12H19NO4S. The molecule has 0 aliphatic heterocycles. The Kier molecular flexibility index (Phi) is 4.86. The number of nitrogens with zero attached hydrogens (tertiary/aromatic N) is 1. The molecule has 102 valence electrons. The molecule has 2 unspecified atom stereocenters. The lowest BCUT2D eigenvalue weighted by Crippen LogP contribution is -2.37. The zero-order chi connectivity index (χ0) is 13.9. The van der Waals surface area contributed by atoms with Crippen LogP contribution in [0.25, 0.3) is 0 Å². The van der Waals surface area contributed by atoms with Crippen LogP contribution in [0.2, 0.25) is 0 Å². The molecule has 0 aliphatic carbocycles. The fraction of sp³-hybridized carbons (Fsp3) is 0.500. The van der Waals surface area contributed by atoms with Gasteiger partial charge in [-0.25, -0.2) is 8.42 Å². The number of benzene rings is 1. The van der Waals surface area contributed by atoms with Crippen LogP contribution in [0.1, 0.15) is 25.5 Å². The summed E-state index contributed by atoms with van der Waals surface area (Å²) in [7, 11) is -2.22. The smallest absolute Gasteiger partial charge is 0.243 e. The minimum atomic E-state index is -3.64. The highest BCUT2D eigenvalue weighted by molar-refractivity contribution is 7.89. The van der Waals surface area contributed by atoms with E-state index in [1.54, 1.807) is 26.0 Å². The lowest BCUT2D eigenvalue weighted by molar-refractivity contribution is 0.199. The summed E-state index contributed by atoms with van der Waals surface area (Å²) in [6, 6.07) is 5.68. The molecule has 0 bridgehead atoms. The first-order chi connectivity index (χ1) is 8.30. The molecule has 0 amide bonds. The molecule has 18 heavy (non-hydrogen) atoms. The van der Waals surface area contributed by atoms with Crippen LogP contribution in [-0.2, 0) is 10.0 Å². The molecule has 0 aliphatic rings. The topological polar surface area (TPSA) is 77.8 Å². The number of hydrogen-bond acceptors (Lipinski definition) is 4. The van der Waals surface area contributed by atoms with Gasteiger partial charge in [-0.3, -0.25) is 0 Å². The van der Waals surface area contributed by atoms with Crippen LogP contribution in [0.15, 0.2) is 29.2 Å². The third-order valence-electron chi connectivity index (χ3n) is 2.90. The molecule has 0 fully saturated rings. The van der Waals surface area contributed by atoms with Gasteiger partial charge in [0, 0.05) is 13.1 Å². The SMILES string of the molecule is CC(O)c1cccc(S(=O)(=O)N(C)C(C)CO)c1. The minimum absolute atomic E-state index is 0.115. The molecule has 5 nitrogen and oxygen atoms in total. The van der Waals surface area contributed by atoms with Gasteiger partial charge in [0.05, 0.1) is 17.6 Å². The maximum Gasteiger partial charge on any atom is 0.243 e. The number of hydrogen-bond donors (Lipinski definition) is 2. The molecule has 0 heterocycles. The van der Waals surface area contributed by atoms with E-state index in [0.717, 1.165) is 4.31 Å². The predicted molar refractivity (Wildman–Crippen MR) is 68.6 cm³/mol. The Balaban J connectivity index is 3.16. The van der Waals surface area contributed by atoms with Gasteiger partial charge in [-0.05, 0) is 31.5 Å². The van der Waals surface area contributed by atoms with Gasteiger partial charge in [-0.2, -0.15) is 4.31 Å². The molecule has 0 radical (unpaired) electrons. The second kappa shape index (κ2) is 5.79. The van der Waals surface area contributed by atoms with Crippen molar-refractivity contribution < 1.29 is 18.6 Å². The van der Waals surface area contributed by atoms with Crippen LogP contribution in [0.4, 0.5) is 0 Å². The van der Waals surface area contributed by atoms with Crippen LogP contribution in [0.3, 0.4) is 0 Å². The summed E-state index contributed by atoms with van der Waals surface area (Å²) in [5.41, 5.74) is 0.543. The minimum Gasteiger partial charge on any atom is -0.395 e. The normalized spacial score (nSPS) is 15.7. The van der Waals surface area contributed by atoms with Crippen molar-refractivity contribution in [3.8, 4) is 0 Å². The molecule has 0 saturated carbocycles. The van der Waals surface area contributed by atoms with Crippen LogP contribution < -0.4 is 0 Å². The number of aliphatic hydroxyl groups is 2. The third kappa shape index (κ3) is 3.08. The molecule has 1 aromatic carbocycles. The second-order valence-electron chi connectivity index (χ2n) is 4.30. The number of sulfonamides is 1. The highest BCUT2D eigenvalue weighted by Crippen LogP contribution is 2.20. The van der Waals surface area contributed by atoms with Crippen molar-refractivity contribution in [2.75, 3.05) is 13.7 Å². The Morgan fingerprint density at radius 1 is 1.33 bits per heavy atom. The van der Waals surface area contributed by atoms with E-state index in [1.807, 2.05) is 0 Å². The van der Waals surface area contributed by atoms with Crippen molar-refractivity contribution >= 4 is 10.0 Å². The van der Waals surface area contributed by atoms with Crippen molar-refractivity contribution in [2.45, 2.75) is 30.9 Å². The van der Waals surface area contributed by atoms with E-state index in [9.17, 15) is 13.5 Å². The maximum atomic E-state index is 12.2. The van der Waals surface area contributed by atoms with Crippen LogP contribution in [0, 0.1) is 0 Å². The lowest BCUT2D eigenvalue weighted by atomic mass is 10.1. The highest BCUT2D eigenvalue weighted by atomic mass is 32.2.